The van der Waals surface area contributed by atoms with Gasteiger partial charge in [-0.3, -0.25) is 9.59 Å². The predicted molar refractivity (Wildman–Crippen MR) is 95.5 cm³/mol. The lowest BCUT2D eigenvalue weighted by Gasteiger charge is -2.08. The van der Waals surface area contributed by atoms with Crippen molar-refractivity contribution in [1.29, 1.82) is 0 Å². The third-order valence-corrected chi connectivity index (χ3v) is 4.04. The molecule has 0 aliphatic carbocycles. The fraction of sp³-hybridized carbons (Fsp3) is 0.312. The Bertz CT molecular complexity index is 813. The molecule has 0 saturated carbocycles. The van der Waals surface area contributed by atoms with Crippen LogP contribution in [0.1, 0.15) is 19.5 Å². The van der Waals surface area contributed by atoms with Gasteiger partial charge in [-0.05, 0) is 32.0 Å². The number of anilines is 1. The summed E-state index contributed by atoms with van der Waals surface area (Å²) in [6.07, 6.45) is 0.0190. The number of aromatic nitrogens is 2. The first-order valence-electron chi connectivity index (χ1n) is 7.43. The van der Waals surface area contributed by atoms with E-state index in [1.165, 1.54) is 24.3 Å². The van der Waals surface area contributed by atoms with Gasteiger partial charge in [0.1, 0.15) is 5.82 Å². The molecule has 0 saturated heterocycles. The molecular formula is C16H17ClFN3O3S. The summed E-state index contributed by atoms with van der Waals surface area (Å²) >= 11 is 6.74. The average Bonchev–Trinajstić information content (AvgIpc) is 2.54. The van der Waals surface area contributed by atoms with Gasteiger partial charge in [0.2, 0.25) is 5.91 Å². The topological polar surface area (TPSA) is 84.1 Å². The quantitative estimate of drug-likeness (QED) is 0.564. The average molecular weight is 386 g/mol. The molecule has 2 aromatic rings. The van der Waals surface area contributed by atoms with Crippen LogP contribution in [0.2, 0.25) is 5.02 Å². The van der Waals surface area contributed by atoms with Crippen molar-refractivity contribution in [2.75, 3.05) is 11.1 Å². The van der Waals surface area contributed by atoms with E-state index in [0.29, 0.717) is 16.5 Å². The first-order valence-corrected chi connectivity index (χ1v) is 8.79. The van der Waals surface area contributed by atoms with E-state index in [9.17, 15) is 14.0 Å². The number of hydrogen-bond donors (Lipinski definition) is 2. The summed E-state index contributed by atoms with van der Waals surface area (Å²) < 4.78 is 18.5. The van der Waals surface area contributed by atoms with Gasteiger partial charge < -0.3 is 15.0 Å². The minimum Gasteiger partial charge on any atom is -0.373 e. The molecule has 1 aromatic heterocycles. The second-order valence-electron chi connectivity index (χ2n) is 5.37. The number of rotatable bonds is 7. The maximum atomic E-state index is 13.1. The molecule has 0 aliphatic rings. The van der Waals surface area contributed by atoms with Crippen molar-refractivity contribution in [3.05, 3.63) is 51.2 Å². The molecule has 0 spiro atoms. The largest absolute Gasteiger partial charge is 0.373 e. The lowest BCUT2D eigenvalue weighted by Crippen LogP contribution is -2.16. The Morgan fingerprint density at radius 3 is 2.88 bits per heavy atom. The van der Waals surface area contributed by atoms with Gasteiger partial charge in [-0.2, -0.15) is 0 Å². The monoisotopic (exact) mass is 385 g/mol. The number of nitrogens with one attached hydrogen (secondary N) is 2. The van der Waals surface area contributed by atoms with Crippen molar-refractivity contribution >= 4 is 35.0 Å². The molecule has 1 amide bonds. The molecule has 0 radical (unpaired) electrons. The highest BCUT2D eigenvalue weighted by atomic mass is 35.5. The Balaban J connectivity index is 1.94. The van der Waals surface area contributed by atoms with E-state index in [4.69, 9.17) is 16.3 Å². The lowest BCUT2D eigenvalue weighted by atomic mass is 10.3. The van der Waals surface area contributed by atoms with Gasteiger partial charge in [0.25, 0.3) is 5.56 Å². The van der Waals surface area contributed by atoms with Crippen LogP contribution in [-0.4, -0.2) is 27.7 Å². The first kappa shape index (κ1) is 19.4. The third kappa shape index (κ3) is 6.49. The number of nitrogens with zero attached hydrogens (tertiary/aromatic N) is 1. The second-order valence-corrected chi connectivity index (χ2v) is 6.74. The Hall–Kier alpha value is -1.90. The number of aromatic amines is 1. The first-order chi connectivity index (χ1) is 11.8. The molecule has 0 atom stereocenters. The highest BCUT2D eigenvalue weighted by molar-refractivity contribution is 7.99. The highest BCUT2D eigenvalue weighted by Crippen LogP contribution is 2.20. The number of carbonyl (C=O) groups is 1. The summed E-state index contributed by atoms with van der Waals surface area (Å²) in [5, 5.41) is 2.84. The van der Waals surface area contributed by atoms with Crippen molar-refractivity contribution in [3.63, 3.8) is 0 Å². The summed E-state index contributed by atoms with van der Waals surface area (Å²) in [6, 6.07) is 5.26. The normalized spacial score (nSPS) is 10.9. The van der Waals surface area contributed by atoms with E-state index in [-0.39, 0.29) is 35.0 Å². The van der Waals surface area contributed by atoms with Crippen LogP contribution in [0.25, 0.3) is 0 Å². The molecule has 0 unspecified atom stereocenters. The Kier molecular flexibility index (Phi) is 6.98. The van der Waals surface area contributed by atoms with Gasteiger partial charge in [-0.25, -0.2) is 9.37 Å². The van der Waals surface area contributed by atoms with Gasteiger partial charge >= 0.3 is 0 Å². The van der Waals surface area contributed by atoms with Gasteiger partial charge in [0, 0.05) is 11.8 Å². The molecule has 1 aromatic carbocycles. The summed E-state index contributed by atoms with van der Waals surface area (Å²) in [7, 11) is 0. The molecule has 1 heterocycles. The molecule has 134 valence electrons. The molecule has 6 nitrogen and oxygen atoms in total. The van der Waals surface area contributed by atoms with E-state index in [1.807, 2.05) is 13.8 Å². The zero-order chi connectivity index (χ0) is 18.4. The lowest BCUT2D eigenvalue weighted by molar-refractivity contribution is -0.113. The van der Waals surface area contributed by atoms with E-state index < -0.39 is 5.82 Å². The molecule has 9 heteroatoms. The fourth-order valence-electron chi connectivity index (χ4n) is 1.78. The number of hydrogen-bond acceptors (Lipinski definition) is 5. The molecule has 0 fully saturated rings. The number of ether oxygens (including phenoxy) is 1. The standard InChI is InChI=1S/C16H17ClFN3O3S/c1-9(2)24-7-11-6-14(22)21-16(20-11)25-8-15(23)19-10-3-4-13(18)12(17)5-10/h3-6,9H,7-8H2,1-2H3,(H,19,23)(H,20,21,22). The zero-order valence-electron chi connectivity index (χ0n) is 13.6. The van der Waals surface area contributed by atoms with E-state index in [0.717, 1.165) is 11.8 Å². The zero-order valence-corrected chi connectivity index (χ0v) is 15.2. The van der Waals surface area contributed by atoms with Crippen LogP contribution < -0.4 is 10.9 Å². The summed E-state index contributed by atoms with van der Waals surface area (Å²) in [5.41, 5.74) is 0.564. The van der Waals surface area contributed by atoms with Crippen LogP contribution in [0.4, 0.5) is 10.1 Å². The maximum absolute atomic E-state index is 13.1. The number of halogens is 2. The predicted octanol–water partition coefficient (Wildman–Crippen LogP) is 3.22. The molecule has 0 aliphatic heterocycles. The van der Waals surface area contributed by atoms with Gasteiger partial charge in [-0.1, -0.05) is 23.4 Å². The summed E-state index contributed by atoms with van der Waals surface area (Å²) in [5.74, 6) is -0.873. The SMILES string of the molecule is CC(C)OCc1cc(=O)[nH]c(SCC(=O)Nc2ccc(F)c(Cl)c2)n1. The molecule has 2 rings (SSSR count). The van der Waals surface area contributed by atoms with Gasteiger partial charge in [0.05, 0.1) is 29.2 Å². The minimum absolute atomic E-state index is 0.0190. The van der Waals surface area contributed by atoms with Crippen LogP contribution in [0.5, 0.6) is 0 Å². The highest BCUT2D eigenvalue weighted by Gasteiger charge is 2.09. The van der Waals surface area contributed by atoms with Crippen LogP contribution >= 0.6 is 23.4 Å². The number of amides is 1. The molecular weight excluding hydrogens is 369 g/mol. The van der Waals surface area contributed by atoms with Gasteiger partial charge in [-0.15, -0.1) is 0 Å². The minimum atomic E-state index is -0.559. The second kappa shape index (κ2) is 8.98. The number of thioether (sulfide) groups is 1. The number of benzene rings is 1. The molecule has 2 N–H and O–H groups in total. The third-order valence-electron chi connectivity index (χ3n) is 2.88. The van der Waals surface area contributed by atoms with Gasteiger partial charge in [0.15, 0.2) is 5.16 Å². The molecule has 0 bridgehead atoms. The van der Waals surface area contributed by atoms with Crippen LogP contribution in [0.15, 0.2) is 34.2 Å². The Morgan fingerprint density at radius 2 is 2.20 bits per heavy atom. The Labute approximate surface area is 153 Å². The maximum Gasteiger partial charge on any atom is 0.251 e. The molecule has 25 heavy (non-hydrogen) atoms. The van der Waals surface area contributed by atoms with Crippen molar-refractivity contribution in [2.45, 2.75) is 31.7 Å². The Morgan fingerprint density at radius 1 is 1.44 bits per heavy atom. The number of H-pyrrole nitrogens is 1. The van der Waals surface area contributed by atoms with Crippen molar-refractivity contribution in [1.82, 2.24) is 9.97 Å². The van der Waals surface area contributed by atoms with E-state index in [1.54, 1.807) is 0 Å². The van der Waals surface area contributed by atoms with Crippen molar-refractivity contribution < 1.29 is 13.9 Å². The summed E-state index contributed by atoms with van der Waals surface area (Å²) in [4.78, 5) is 30.4. The fourth-order valence-corrected chi connectivity index (χ4v) is 2.66. The van der Waals surface area contributed by atoms with Crippen molar-refractivity contribution in [3.8, 4) is 0 Å². The van der Waals surface area contributed by atoms with Crippen molar-refractivity contribution in [2.24, 2.45) is 0 Å². The van der Waals surface area contributed by atoms with E-state index in [2.05, 4.69) is 15.3 Å². The van der Waals surface area contributed by atoms with Crippen LogP contribution in [-0.2, 0) is 16.1 Å². The van der Waals surface area contributed by atoms with E-state index >= 15 is 0 Å². The van der Waals surface area contributed by atoms with Crippen LogP contribution in [0.3, 0.4) is 0 Å². The smallest absolute Gasteiger partial charge is 0.251 e. The van der Waals surface area contributed by atoms with Crippen LogP contribution in [0, 0.1) is 5.82 Å². The summed E-state index contributed by atoms with van der Waals surface area (Å²) in [6.45, 7) is 3.99. The number of carbonyl (C=O) groups excluding carboxylic acids is 1.